The number of aryl methyl sites for hydroxylation is 2. The molecule has 1 unspecified atom stereocenters. The van der Waals surface area contributed by atoms with Crippen molar-refractivity contribution in [2.24, 2.45) is 0 Å². The van der Waals surface area contributed by atoms with Crippen LogP contribution in [0.2, 0.25) is 0 Å². The Balaban J connectivity index is 0.000000293. The highest BCUT2D eigenvalue weighted by Gasteiger charge is 2.27. The van der Waals surface area contributed by atoms with Gasteiger partial charge >= 0.3 is 0 Å². The maximum absolute atomic E-state index is 12.6. The summed E-state index contributed by atoms with van der Waals surface area (Å²) in [5.41, 5.74) is 3.69. The third-order valence-electron chi connectivity index (χ3n) is 7.65. The number of ether oxygens (including phenoxy) is 1. The monoisotopic (exact) mass is 602 g/mol. The van der Waals surface area contributed by atoms with Crippen LogP contribution in [0.15, 0.2) is 41.3 Å². The first-order chi connectivity index (χ1) is 19.7. The molecule has 9 nitrogen and oxygen atoms in total. The molecule has 42 heavy (non-hydrogen) atoms. The number of carbonyl (C=O) groups is 2. The van der Waals surface area contributed by atoms with Crippen molar-refractivity contribution >= 4 is 27.4 Å². The molecule has 234 valence electrons. The Morgan fingerprint density at radius 1 is 1.02 bits per heavy atom. The van der Waals surface area contributed by atoms with E-state index in [2.05, 4.69) is 48.2 Å². The molecule has 0 spiro atoms. The van der Waals surface area contributed by atoms with Crippen LogP contribution in [-0.2, 0) is 26.2 Å². The van der Waals surface area contributed by atoms with Crippen molar-refractivity contribution in [1.82, 2.24) is 14.1 Å². The zero-order valence-electron chi connectivity index (χ0n) is 26.9. The number of sulfonamides is 1. The lowest BCUT2D eigenvalue weighted by molar-refractivity contribution is -0.128. The fraction of sp³-hybridized carbons (Fsp3) is 0.562. The summed E-state index contributed by atoms with van der Waals surface area (Å²) in [6.45, 7) is 9.76. The summed E-state index contributed by atoms with van der Waals surface area (Å²) in [5.74, 6) is 0.644. The lowest BCUT2D eigenvalue weighted by Crippen LogP contribution is -2.45. The molecule has 0 N–H and O–H groups in total. The summed E-state index contributed by atoms with van der Waals surface area (Å²) in [7, 11) is 5.45. The predicted octanol–water partition coefficient (Wildman–Crippen LogP) is 4.50. The first kappa shape index (κ1) is 35.2. The van der Waals surface area contributed by atoms with Gasteiger partial charge in [-0.2, -0.15) is 4.31 Å². The minimum Gasteiger partial charge on any atom is -0.497 e. The minimum absolute atomic E-state index is 0.0765. The van der Waals surface area contributed by atoms with E-state index in [1.165, 1.54) is 38.2 Å². The summed E-state index contributed by atoms with van der Waals surface area (Å²) in [5, 5.41) is 0. The third kappa shape index (κ3) is 9.81. The van der Waals surface area contributed by atoms with Gasteiger partial charge < -0.3 is 19.4 Å². The smallest absolute Gasteiger partial charge is 0.243 e. The fourth-order valence-electron chi connectivity index (χ4n) is 5.09. The third-order valence-corrected chi connectivity index (χ3v) is 9.76. The van der Waals surface area contributed by atoms with Gasteiger partial charge in [0.15, 0.2) is 0 Å². The Morgan fingerprint density at radius 2 is 1.62 bits per heavy atom. The summed E-state index contributed by atoms with van der Waals surface area (Å²) in [4.78, 5) is 29.7. The normalized spacial score (nSPS) is 15.3. The van der Waals surface area contributed by atoms with Crippen LogP contribution >= 0.6 is 0 Å². The second-order valence-corrected chi connectivity index (χ2v) is 13.4. The number of Topliss-reactive ketones (excluding diaryl/α,β-unsaturated/α-hetero) is 1. The van der Waals surface area contributed by atoms with Crippen LogP contribution in [0.4, 0.5) is 5.69 Å². The minimum atomic E-state index is -3.68. The summed E-state index contributed by atoms with van der Waals surface area (Å²) in [6.07, 6.45) is 3.64. The zero-order chi connectivity index (χ0) is 31.6. The number of nitrogens with zero attached hydrogens (tertiary/aromatic N) is 4. The fourth-order valence-corrected chi connectivity index (χ4v) is 6.65. The maximum atomic E-state index is 12.6. The Kier molecular flexibility index (Phi) is 13.5. The predicted molar refractivity (Wildman–Crippen MR) is 170 cm³/mol. The van der Waals surface area contributed by atoms with Gasteiger partial charge in [0.2, 0.25) is 15.9 Å². The second-order valence-electron chi connectivity index (χ2n) is 11.4. The molecular weight excluding hydrogens is 552 g/mol. The van der Waals surface area contributed by atoms with Gasteiger partial charge in [0.05, 0.1) is 18.6 Å². The van der Waals surface area contributed by atoms with E-state index < -0.39 is 10.0 Å². The van der Waals surface area contributed by atoms with Crippen molar-refractivity contribution in [2.75, 3.05) is 59.8 Å². The number of rotatable bonds is 11. The van der Waals surface area contributed by atoms with E-state index in [1.54, 1.807) is 37.8 Å². The lowest BCUT2D eigenvalue weighted by Gasteiger charge is -2.37. The number of ketones is 1. The molecule has 0 bridgehead atoms. The van der Waals surface area contributed by atoms with Crippen molar-refractivity contribution in [3.63, 3.8) is 0 Å². The maximum Gasteiger partial charge on any atom is 0.243 e. The number of methoxy groups -OCH3 is 1. The molecule has 2 aromatic carbocycles. The zero-order valence-corrected chi connectivity index (χ0v) is 27.8. The van der Waals surface area contributed by atoms with Crippen LogP contribution in [0.1, 0.15) is 56.2 Å². The van der Waals surface area contributed by atoms with Crippen molar-refractivity contribution < 1.29 is 22.7 Å². The summed E-state index contributed by atoms with van der Waals surface area (Å²) < 4.78 is 31.5. The van der Waals surface area contributed by atoms with Gasteiger partial charge in [-0.25, -0.2) is 8.42 Å². The van der Waals surface area contributed by atoms with Crippen LogP contribution in [0.25, 0.3) is 0 Å². The number of piperidine rings is 1. The largest absolute Gasteiger partial charge is 0.497 e. The van der Waals surface area contributed by atoms with Gasteiger partial charge in [-0.05, 0) is 88.2 Å². The van der Waals surface area contributed by atoms with Crippen molar-refractivity contribution in [3.05, 3.63) is 53.1 Å². The lowest BCUT2D eigenvalue weighted by atomic mass is 10.0. The van der Waals surface area contributed by atoms with Crippen LogP contribution in [0.3, 0.4) is 0 Å². The van der Waals surface area contributed by atoms with Crippen molar-refractivity contribution in [2.45, 2.75) is 70.9 Å². The molecular formula is C32H50N4O5S. The van der Waals surface area contributed by atoms with Gasteiger partial charge in [-0.3, -0.25) is 9.59 Å². The van der Waals surface area contributed by atoms with Crippen LogP contribution in [0, 0.1) is 13.8 Å². The molecule has 1 atom stereocenters. The highest BCUT2D eigenvalue weighted by Crippen LogP contribution is 2.28. The van der Waals surface area contributed by atoms with E-state index in [9.17, 15) is 18.0 Å². The molecule has 3 rings (SSSR count). The standard InChI is InChI=1S/C17H27N3O.C15H23NO4S/c1-14(21)19(4)12-15-7-9-16(10-8-15)20-11-5-6-17(13-20)18(2)3;1-6-7-13(17)10-16(4)21(18,19)15-11(2)8-14(20-5)9-12(15)3/h7-10,17H,5-6,11-13H2,1-4H3;8-9H,6-7,10H2,1-5H3. The van der Waals surface area contributed by atoms with Gasteiger partial charge in [-0.1, -0.05) is 19.1 Å². The topological polar surface area (TPSA) is 90.5 Å². The number of hydrogen-bond acceptors (Lipinski definition) is 7. The number of likely N-dealkylation sites (N-methyl/N-ethyl adjacent to an activating group) is 2. The molecule has 2 aromatic rings. The van der Waals surface area contributed by atoms with Crippen molar-refractivity contribution in [1.29, 1.82) is 0 Å². The first-order valence-corrected chi connectivity index (χ1v) is 16.0. The molecule has 1 heterocycles. The van der Waals surface area contributed by atoms with E-state index in [4.69, 9.17) is 4.74 Å². The van der Waals surface area contributed by atoms with Gasteiger partial charge in [0.25, 0.3) is 0 Å². The average Bonchev–Trinajstić information content (AvgIpc) is 2.93. The summed E-state index contributed by atoms with van der Waals surface area (Å²) in [6, 6.07) is 12.6. The van der Waals surface area contributed by atoms with E-state index in [1.807, 2.05) is 14.0 Å². The van der Waals surface area contributed by atoms with Crippen molar-refractivity contribution in [3.8, 4) is 5.75 Å². The first-order valence-electron chi connectivity index (χ1n) is 14.6. The quantitative estimate of drug-likeness (QED) is 0.374. The molecule has 1 aliphatic heterocycles. The van der Waals surface area contributed by atoms with Crippen LogP contribution < -0.4 is 9.64 Å². The van der Waals surface area contributed by atoms with E-state index in [0.29, 0.717) is 42.3 Å². The Labute approximate surface area is 253 Å². The number of carbonyl (C=O) groups excluding carboxylic acids is 2. The number of amides is 1. The molecule has 1 amide bonds. The number of hydrogen-bond donors (Lipinski definition) is 0. The van der Waals surface area contributed by atoms with E-state index >= 15 is 0 Å². The summed E-state index contributed by atoms with van der Waals surface area (Å²) >= 11 is 0. The molecule has 0 radical (unpaired) electrons. The SMILES string of the molecule is CC(=O)N(C)Cc1ccc(N2CCCC(N(C)C)C2)cc1.CCCC(=O)CN(C)S(=O)(=O)c1c(C)cc(OC)cc1C. The van der Waals surface area contributed by atoms with Gasteiger partial charge in [0, 0.05) is 58.8 Å². The van der Waals surface area contributed by atoms with Crippen LogP contribution in [-0.4, -0.2) is 95.2 Å². The molecule has 1 saturated heterocycles. The van der Waals surface area contributed by atoms with Crippen LogP contribution in [0.5, 0.6) is 5.75 Å². The van der Waals surface area contributed by atoms with E-state index in [0.717, 1.165) is 17.4 Å². The molecule has 0 aliphatic carbocycles. The Hall–Kier alpha value is -2.95. The molecule has 1 aliphatic rings. The molecule has 0 saturated carbocycles. The van der Waals surface area contributed by atoms with E-state index in [-0.39, 0.29) is 23.1 Å². The average molecular weight is 603 g/mol. The van der Waals surface area contributed by atoms with Gasteiger partial charge in [0.1, 0.15) is 11.5 Å². The second kappa shape index (κ2) is 16.0. The highest BCUT2D eigenvalue weighted by atomic mass is 32.2. The van der Waals surface area contributed by atoms with Gasteiger partial charge in [-0.15, -0.1) is 0 Å². The highest BCUT2D eigenvalue weighted by molar-refractivity contribution is 7.89. The Bertz CT molecular complexity index is 1270. The molecule has 0 aromatic heterocycles. The molecule has 10 heteroatoms. The number of benzene rings is 2. The Morgan fingerprint density at radius 3 is 2.12 bits per heavy atom. The molecule has 1 fully saturated rings. The number of anilines is 1.